The summed E-state index contributed by atoms with van der Waals surface area (Å²) in [6, 6.07) is 11.6. The van der Waals surface area contributed by atoms with E-state index in [2.05, 4.69) is 15.1 Å². The molecule has 0 spiro atoms. The number of nitrogens with one attached hydrogen (secondary N) is 1. The van der Waals surface area contributed by atoms with Crippen molar-refractivity contribution in [1.29, 1.82) is 0 Å². The zero-order valence-corrected chi connectivity index (χ0v) is 19.2. The number of ether oxygens (including phenoxy) is 1. The Balaban J connectivity index is 1.64. The largest absolute Gasteiger partial charge is 0.497 e. The molecular weight excluding hydrogens is 431 g/mol. The maximum Gasteiger partial charge on any atom is 0.416 e. The van der Waals surface area contributed by atoms with E-state index in [0.717, 1.165) is 23.2 Å². The lowest BCUT2D eigenvalue weighted by Crippen LogP contribution is -2.61. The molecule has 1 fully saturated rings. The predicted molar refractivity (Wildman–Crippen MR) is 123 cm³/mol. The smallest absolute Gasteiger partial charge is 0.416 e. The summed E-state index contributed by atoms with van der Waals surface area (Å²) < 4.78 is 45.3. The number of rotatable bonds is 5. The Bertz CT molecular complexity index is 991. The number of carbonyl (C=O) groups is 1. The Morgan fingerprint density at radius 3 is 2.52 bits per heavy atom. The summed E-state index contributed by atoms with van der Waals surface area (Å²) in [4.78, 5) is 17.5. The van der Waals surface area contributed by atoms with Crippen LogP contribution >= 0.6 is 0 Å². The van der Waals surface area contributed by atoms with Gasteiger partial charge in [-0.15, -0.1) is 0 Å². The molecule has 0 radical (unpaired) electrons. The first-order valence-corrected chi connectivity index (χ1v) is 11.3. The van der Waals surface area contributed by atoms with Gasteiger partial charge in [0.1, 0.15) is 5.75 Å². The van der Waals surface area contributed by atoms with Crippen LogP contribution in [0.25, 0.3) is 0 Å². The zero-order valence-electron chi connectivity index (χ0n) is 19.2. The number of benzene rings is 2. The third-order valence-electron chi connectivity index (χ3n) is 6.50. The van der Waals surface area contributed by atoms with E-state index in [-0.39, 0.29) is 11.9 Å². The highest BCUT2D eigenvalue weighted by atomic mass is 19.4. The van der Waals surface area contributed by atoms with Crippen LogP contribution in [0.4, 0.5) is 24.5 Å². The molecule has 2 aliphatic rings. The Morgan fingerprint density at radius 1 is 1.15 bits per heavy atom. The lowest BCUT2D eigenvalue weighted by Gasteiger charge is -2.49. The highest BCUT2D eigenvalue weighted by Crippen LogP contribution is 2.40. The van der Waals surface area contributed by atoms with Crippen molar-refractivity contribution in [3.8, 4) is 5.75 Å². The van der Waals surface area contributed by atoms with Crippen LogP contribution < -0.4 is 19.9 Å². The molecule has 2 unspecified atom stereocenters. The number of nitrogens with zero attached hydrogens (tertiary/aromatic N) is 2. The fourth-order valence-electron chi connectivity index (χ4n) is 4.76. The van der Waals surface area contributed by atoms with Crippen molar-refractivity contribution in [2.45, 2.75) is 32.5 Å². The average molecular weight is 462 g/mol. The normalized spacial score (nSPS) is 20.3. The number of carbonyl (C=O) groups excluding carboxylic acids is 1. The fraction of sp³-hybridized carbons (Fsp3) is 0.480. The van der Waals surface area contributed by atoms with E-state index < -0.39 is 17.7 Å². The van der Waals surface area contributed by atoms with Gasteiger partial charge in [-0.25, -0.2) is 0 Å². The number of alkyl halides is 3. The van der Waals surface area contributed by atoms with Crippen molar-refractivity contribution in [3.05, 3.63) is 53.6 Å². The molecule has 0 aromatic heterocycles. The topological polar surface area (TPSA) is 44.8 Å². The minimum absolute atomic E-state index is 0.0988. The second-order valence-electron chi connectivity index (χ2n) is 9.20. The van der Waals surface area contributed by atoms with Gasteiger partial charge in [0.05, 0.1) is 24.6 Å². The number of halogens is 3. The van der Waals surface area contributed by atoms with Gasteiger partial charge in [0.25, 0.3) is 0 Å². The molecule has 8 heteroatoms. The molecule has 0 bridgehead atoms. The lowest BCUT2D eigenvalue weighted by atomic mass is 9.82. The van der Waals surface area contributed by atoms with Crippen LogP contribution in [0.2, 0.25) is 0 Å². The van der Waals surface area contributed by atoms with Crippen molar-refractivity contribution >= 4 is 17.3 Å². The Kier molecular flexibility index (Phi) is 6.45. The summed E-state index contributed by atoms with van der Waals surface area (Å²) in [5, 5.41) is 3.01. The second-order valence-corrected chi connectivity index (χ2v) is 9.20. The molecule has 2 atom stereocenters. The molecule has 0 aliphatic carbocycles. The number of methoxy groups -OCH3 is 1. The summed E-state index contributed by atoms with van der Waals surface area (Å²) in [5.41, 5.74) is 1.76. The van der Waals surface area contributed by atoms with E-state index in [4.69, 9.17) is 4.74 Å². The Labute approximate surface area is 192 Å². The molecule has 2 aromatic rings. The molecule has 5 nitrogen and oxygen atoms in total. The highest BCUT2D eigenvalue weighted by Gasteiger charge is 2.42. The quantitative estimate of drug-likeness (QED) is 0.719. The van der Waals surface area contributed by atoms with Crippen molar-refractivity contribution in [2.24, 2.45) is 11.8 Å². The van der Waals surface area contributed by atoms with Crippen LogP contribution in [-0.4, -0.2) is 45.2 Å². The number of hydrogen-bond donors (Lipinski definition) is 1. The predicted octanol–water partition coefficient (Wildman–Crippen LogP) is 4.35. The van der Waals surface area contributed by atoms with Gasteiger partial charge in [0.15, 0.2) is 0 Å². The van der Waals surface area contributed by atoms with E-state index >= 15 is 0 Å². The first-order valence-electron chi connectivity index (χ1n) is 11.3. The standard InChI is InChI=1S/C25H30F3N3O2/c1-16(2)14-29-24(32)21-13-17-12-18(25(26,27)28)4-9-22(17)31-11-10-30(15-23(21)31)19-5-7-20(33-3)8-6-19/h4-9,12,16,21,23H,10-11,13-15H2,1-3H3,(H,29,32). The van der Waals surface area contributed by atoms with Crippen LogP contribution in [0.3, 0.4) is 0 Å². The van der Waals surface area contributed by atoms with Crippen LogP contribution in [-0.2, 0) is 17.4 Å². The van der Waals surface area contributed by atoms with E-state index in [0.29, 0.717) is 44.1 Å². The van der Waals surface area contributed by atoms with Gasteiger partial charge in [-0.2, -0.15) is 13.2 Å². The molecule has 2 aliphatic heterocycles. The minimum atomic E-state index is -4.41. The number of anilines is 2. The number of piperazine rings is 1. The monoisotopic (exact) mass is 461 g/mol. The summed E-state index contributed by atoms with van der Waals surface area (Å²) in [6.45, 7) is 6.54. The number of amides is 1. The first-order chi connectivity index (χ1) is 15.7. The molecule has 0 saturated carbocycles. The van der Waals surface area contributed by atoms with Crippen LogP contribution in [0, 0.1) is 11.8 Å². The summed E-state index contributed by atoms with van der Waals surface area (Å²) >= 11 is 0. The van der Waals surface area contributed by atoms with Crippen molar-refractivity contribution < 1.29 is 22.7 Å². The van der Waals surface area contributed by atoms with Gasteiger partial charge < -0.3 is 19.9 Å². The Morgan fingerprint density at radius 2 is 1.88 bits per heavy atom. The van der Waals surface area contributed by atoms with Crippen molar-refractivity contribution in [1.82, 2.24) is 5.32 Å². The fourth-order valence-corrected chi connectivity index (χ4v) is 4.76. The molecule has 4 rings (SSSR count). The molecule has 1 N–H and O–H groups in total. The van der Waals surface area contributed by atoms with E-state index in [1.165, 1.54) is 6.07 Å². The summed E-state index contributed by atoms with van der Waals surface area (Å²) in [7, 11) is 1.62. The third-order valence-corrected chi connectivity index (χ3v) is 6.50. The molecule has 178 valence electrons. The lowest BCUT2D eigenvalue weighted by molar-refractivity contribution is -0.137. The third kappa shape index (κ3) is 4.89. The molecule has 2 heterocycles. The van der Waals surface area contributed by atoms with Gasteiger partial charge >= 0.3 is 6.18 Å². The van der Waals surface area contributed by atoms with Gasteiger partial charge in [-0.1, -0.05) is 13.8 Å². The number of hydrogen-bond acceptors (Lipinski definition) is 4. The van der Waals surface area contributed by atoms with Gasteiger partial charge in [0.2, 0.25) is 5.91 Å². The van der Waals surface area contributed by atoms with Crippen LogP contribution in [0.15, 0.2) is 42.5 Å². The molecule has 1 amide bonds. The maximum absolute atomic E-state index is 13.3. The van der Waals surface area contributed by atoms with Gasteiger partial charge in [-0.3, -0.25) is 4.79 Å². The summed E-state index contributed by atoms with van der Waals surface area (Å²) in [6.07, 6.45) is -4.12. The van der Waals surface area contributed by atoms with E-state index in [9.17, 15) is 18.0 Å². The molecule has 1 saturated heterocycles. The van der Waals surface area contributed by atoms with Crippen molar-refractivity contribution in [2.75, 3.05) is 43.1 Å². The van der Waals surface area contributed by atoms with Gasteiger partial charge in [-0.05, 0) is 60.4 Å². The van der Waals surface area contributed by atoms with Crippen LogP contribution in [0.1, 0.15) is 25.0 Å². The zero-order chi connectivity index (χ0) is 23.8. The second kappa shape index (κ2) is 9.15. The first kappa shape index (κ1) is 23.3. The minimum Gasteiger partial charge on any atom is -0.497 e. The number of fused-ring (bicyclic) bond motifs is 3. The van der Waals surface area contributed by atoms with E-state index in [1.54, 1.807) is 13.2 Å². The molecular formula is C25H30F3N3O2. The van der Waals surface area contributed by atoms with E-state index in [1.807, 2.05) is 38.1 Å². The SMILES string of the molecule is COc1ccc(N2CCN3c4ccc(C(F)(F)F)cc4CC(C(=O)NCC(C)C)C3C2)cc1. The molecule has 2 aromatic carbocycles. The Hall–Kier alpha value is -2.90. The summed E-state index contributed by atoms with van der Waals surface area (Å²) in [5.74, 6) is 0.537. The van der Waals surface area contributed by atoms with Crippen molar-refractivity contribution in [3.63, 3.8) is 0 Å². The average Bonchev–Trinajstić information content (AvgIpc) is 2.80. The van der Waals surface area contributed by atoms with Crippen LogP contribution in [0.5, 0.6) is 5.75 Å². The molecule has 33 heavy (non-hydrogen) atoms. The highest BCUT2D eigenvalue weighted by molar-refractivity contribution is 5.82. The maximum atomic E-state index is 13.3. The van der Waals surface area contributed by atoms with Gasteiger partial charge in [0, 0.05) is 37.6 Å².